The van der Waals surface area contributed by atoms with E-state index in [1.807, 2.05) is 6.26 Å². The quantitative estimate of drug-likeness (QED) is 0.649. The van der Waals surface area contributed by atoms with Crippen LogP contribution in [0.4, 0.5) is 0 Å². The minimum Gasteiger partial charge on any atom is -0.461 e. The van der Waals surface area contributed by atoms with Crippen LogP contribution in [0.1, 0.15) is 19.3 Å². The SMILES string of the molecule is CSCC[C@H](N)C(=O)OC1CC1. The summed E-state index contributed by atoms with van der Waals surface area (Å²) >= 11 is 1.69. The molecular formula is C8H15NO2S. The molecule has 12 heavy (non-hydrogen) atoms. The molecule has 0 bridgehead atoms. The van der Waals surface area contributed by atoms with Crippen LogP contribution in [0.3, 0.4) is 0 Å². The lowest BCUT2D eigenvalue weighted by Gasteiger charge is -2.09. The Bertz CT molecular complexity index is 159. The van der Waals surface area contributed by atoms with Crippen molar-refractivity contribution in [2.45, 2.75) is 31.4 Å². The maximum Gasteiger partial charge on any atom is 0.323 e. The first kappa shape index (κ1) is 9.86. The molecule has 0 aromatic rings. The van der Waals surface area contributed by atoms with E-state index in [2.05, 4.69) is 0 Å². The van der Waals surface area contributed by atoms with E-state index < -0.39 is 6.04 Å². The van der Waals surface area contributed by atoms with Gasteiger partial charge in [0, 0.05) is 0 Å². The van der Waals surface area contributed by atoms with Crippen LogP contribution in [0, 0.1) is 0 Å². The summed E-state index contributed by atoms with van der Waals surface area (Å²) in [5.74, 6) is 0.688. The lowest BCUT2D eigenvalue weighted by molar-refractivity contribution is -0.146. The molecular weight excluding hydrogens is 174 g/mol. The molecule has 0 radical (unpaired) electrons. The van der Waals surface area contributed by atoms with E-state index in [0.29, 0.717) is 6.42 Å². The summed E-state index contributed by atoms with van der Waals surface area (Å²) in [5.41, 5.74) is 5.59. The first-order valence-corrected chi connectivity index (χ1v) is 5.58. The monoisotopic (exact) mass is 189 g/mol. The van der Waals surface area contributed by atoms with E-state index in [9.17, 15) is 4.79 Å². The van der Waals surface area contributed by atoms with Crippen molar-refractivity contribution in [3.63, 3.8) is 0 Å². The number of nitrogens with two attached hydrogens (primary N) is 1. The highest BCUT2D eigenvalue weighted by atomic mass is 32.2. The molecule has 1 rings (SSSR count). The average molecular weight is 189 g/mol. The van der Waals surface area contributed by atoms with E-state index in [-0.39, 0.29) is 12.1 Å². The van der Waals surface area contributed by atoms with Gasteiger partial charge in [0.05, 0.1) is 0 Å². The van der Waals surface area contributed by atoms with Gasteiger partial charge < -0.3 is 10.5 Å². The largest absolute Gasteiger partial charge is 0.461 e. The van der Waals surface area contributed by atoms with E-state index in [1.54, 1.807) is 11.8 Å². The zero-order chi connectivity index (χ0) is 8.97. The molecule has 0 aromatic heterocycles. The van der Waals surface area contributed by atoms with Gasteiger partial charge in [-0.25, -0.2) is 0 Å². The van der Waals surface area contributed by atoms with Gasteiger partial charge >= 0.3 is 5.97 Å². The number of rotatable bonds is 5. The fourth-order valence-electron chi connectivity index (χ4n) is 0.800. The predicted molar refractivity (Wildman–Crippen MR) is 50.1 cm³/mol. The minimum atomic E-state index is -0.418. The molecule has 4 heteroatoms. The van der Waals surface area contributed by atoms with Crippen LogP contribution in [0.2, 0.25) is 0 Å². The molecule has 70 valence electrons. The minimum absolute atomic E-state index is 0.179. The van der Waals surface area contributed by atoms with Crippen LogP contribution >= 0.6 is 11.8 Å². The lowest BCUT2D eigenvalue weighted by atomic mass is 10.2. The normalized spacial score (nSPS) is 18.8. The highest BCUT2D eigenvalue weighted by Gasteiger charge is 2.28. The second-order valence-corrected chi connectivity index (χ2v) is 4.01. The van der Waals surface area contributed by atoms with E-state index in [1.165, 1.54) is 0 Å². The average Bonchev–Trinajstić information content (AvgIpc) is 2.83. The van der Waals surface area contributed by atoms with Gasteiger partial charge in [0.1, 0.15) is 12.1 Å². The van der Waals surface area contributed by atoms with Crippen molar-refractivity contribution in [3.05, 3.63) is 0 Å². The van der Waals surface area contributed by atoms with E-state index >= 15 is 0 Å². The fourth-order valence-corrected chi connectivity index (χ4v) is 1.29. The summed E-state index contributed by atoms with van der Waals surface area (Å²) < 4.78 is 5.05. The standard InChI is InChI=1S/C8H15NO2S/c1-12-5-4-7(9)8(10)11-6-2-3-6/h6-7H,2-5,9H2,1H3/t7-/m0/s1. The molecule has 1 aliphatic rings. The molecule has 1 fully saturated rings. The summed E-state index contributed by atoms with van der Waals surface area (Å²) in [5, 5.41) is 0. The van der Waals surface area contributed by atoms with Gasteiger partial charge in [-0.3, -0.25) is 4.79 Å². The van der Waals surface area contributed by atoms with Crippen LogP contribution in [0.15, 0.2) is 0 Å². The predicted octanol–water partition coefficient (Wildman–Crippen LogP) is 0.772. The summed E-state index contributed by atoms with van der Waals surface area (Å²) in [4.78, 5) is 11.1. The zero-order valence-electron chi connectivity index (χ0n) is 7.29. The number of thioether (sulfide) groups is 1. The van der Waals surface area contributed by atoms with E-state index in [0.717, 1.165) is 18.6 Å². The smallest absolute Gasteiger partial charge is 0.323 e. The van der Waals surface area contributed by atoms with Gasteiger partial charge in [0.15, 0.2) is 0 Å². The number of hydrogen-bond acceptors (Lipinski definition) is 4. The van der Waals surface area contributed by atoms with Crippen LogP contribution < -0.4 is 5.73 Å². The van der Waals surface area contributed by atoms with Gasteiger partial charge in [-0.05, 0) is 31.3 Å². The number of ether oxygens (including phenoxy) is 1. The molecule has 0 heterocycles. The maximum absolute atomic E-state index is 11.1. The highest BCUT2D eigenvalue weighted by molar-refractivity contribution is 7.98. The molecule has 0 unspecified atom stereocenters. The second-order valence-electron chi connectivity index (χ2n) is 3.02. The number of carbonyl (C=O) groups is 1. The summed E-state index contributed by atoms with van der Waals surface area (Å²) in [7, 11) is 0. The molecule has 0 amide bonds. The Kier molecular flexibility index (Phi) is 3.88. The fraction of sp³-hybridized carbons (Fsp3) is 0.875. The number of hydrogen-bond donors (Lipinski definition) is 1. The zero-order valence-corrected chi connectivity index (χ0v) is 8.10. The van der Waals surface area contributed by atoms with Gasteiger partial charge in [0.25, 0.3) is 0 Å². The van der Waals surface area contributed by atoms with Crippen molar-refractivity contribution in [3.8, 4) is 0 Å². The number of esters is 1. The Hall–Kier alpha value is -0.220. The highest BCUT2D eigenvalue weighted by Crippen LogP contribution is 2.23. The van der Waals surface area contributed by atoms with Gasteiger partial charge in [0.2, 0.25) is 0 Å². The van der Waals surface area contributed by atoms with Crippen LogP contribution in [-0.2, 0) is 9.53 Å². The van der Waals surface area contributed by atoms with Gasteiger partial charge in [-0.2, -0.15) is 11.8 Å². The Morgan fingerprint density at radius 1 is 1.75 bits per heavy atom. The molecule has 2 N–H and O–H groups in total. The third-order valence-electron chi connectivity index (χ3n) is 1.74. The molecule has 3 nitrogen and oxygen atoms in total. The summed E-state index contributed by atoms with van der Waals surface area (Å²) in [6.07, 6.45) is 4.92. The molecule has 1 saturated carbocycles. The molecule has 0 aromatic carbocycles. The molecule has 0 saturated heterocycles. The second kappa shape index (κ2) is 4.72. The third-order valence-corrected chi connectivity index (χ3v) is 2.39. The Balaban J connectivity index is 2.11. The summed E-state index contributed by atoms with van der Waals surface area (Å²) in [6, 6.07) is -0.418. The molecule has 0 aliphatic heterocycles. The lowest BCUT2D eigenvalue weighted by Crippen LogP contribution is -2.33. The Labute approximate surface area is 77.0 Å². The van der Waals surface area contributed by atoms with Crippen molar-refractivity contribution in [1.82, 2.24) is 0 Å². The molecule has 1 atom stereocenters. The van der Waals surface area contributed by atoms with Crippen molar-refractivity contribution in [2.75, 3.05) is 12.0 Å². The van der Waals surface area contributed by atoms with E-state index in [4.69, 9.17) is 10.5 Å². The molecule has 1 aliphatic carbocycles. The first-order chi connectivity index (χ1) is 5.74. The Morgan fingerprint density at radius 2 is 2.42 bits per heavy atom. The topological polar surface area (TPSA) is 52.3 Å². The van der Waals surface area contributed by atoms with Crippen molar-refractivity contribution >= 4 is 17.7 Å². The third kappa shape index (κ3) is 3.45. The van der Waals surface area contributed by atoms with Crippen LogP contribution in [-0.4, -0.2) is 30.1 Å². The molecule has 0 spiro atoms. The van der Waals surface area contributed by atoms with Crippen molar-refractivity contribution < 1.29 is 9.53 Å². The van der Waals surface area contributed by atoms with Crippen molar-refractivity contribution in [1.29, 1.82) is 0 Å². The van der Waals surface area contributed by atoms with Crippen LogP contribution in [0.5, 0.6) is 0 Å². The summed E-state index contributed by atoms with van der Waals surface area (Å²) in [6.45, 7) is 0. The van der Waals surface area contributed by atoms with Crippen LogP contribution in [0.25, 0.3) is 0 Å². The maximum atomic E-state index is 11.1. The van der Waals surface area contributed by atoms with Crippen molar-refractivity contribution in [2.24, 2.45) is 5.73 Å². The van der Waals surface area contributed by atoms with Gasteiger partial charge in [-0.15, -0.1) is 0 Å². The Morgan fingerprint density at radius 3 is 2.92 bits per heavy atom. The first-order valence-electron chi connectivity index (χ1n) is 4.19. The number of carbonyl (C=O) groups excluding carboxylic acids is 1. The van der Waals surface area contributed by atoms with Gasteiger partial charge in [-0.1, -0.05) is 0 Å².